The molecule has 27 heavy (non-hydrogen) atoms. The van der Waals surface area contributed by atoms with Gasteiger partial charge in [-0.3, -0.25) is 4.90 Å². The maximum absolute atomic E-state index is 6.13. The van der Waals surface area contributed by atoms with Crippen LogP contribution < -0.4 is 0 Å². The van der Waals surface area contributed by atoms with Gasteiger partial charge in [-0.15, -0.1) is 0 Å². The summed E-state index contributed by atoms with van der Waals surface area (Å²) in [6.45, 7) is 0. The molecule has 4 heteroatoms. The van der Waals surface area contributed by atoms with Crippen molar-refractivity contribution in [3.05, 3.63) is 77.0 Å². The third-order valence-corrected chi connectivity index (χ3v) is 6.75. The molecule has 2 aliphatic rings. The first-order valence-electron chi connectivity index (χ1n) is 9.70. The number of piperidine rings is 1. The van der Waals surface area contributed by atoms with Crippen LogP contribution in [0.25, 0.3) is 11.3 Å². The van der Waals surface area contributed by atoms with Crippen molar-refractivity contribution < 1.29 is 4.52 Å². The highest BCUT2D eigenvalue weighted by Gasteiger charge is 2.48. The van der Waals surface area contributed by atoms with Gasteiger partial charge in [0.15, 0.2) is 0 Å². The molecule has 3 heterocycles. The summed E-state index contributed by atoms with van der Waals surface area (Å²) in [5, 5.41) is 5.19. The van der Waals surface area contributed by atoms with E-state index in [0.29, 0.717) is 23.9 Å². The van der Waals surface area contributed by atoms with Gasteiger partial charge in [0.1, 0.15) is 11.5 Å². The molecule has 2 aliphatic heterocycles. The van der Waals surface area contributed by atoms with Crippen LogP contribution in [0.1, 0.15) is 42.4 Å². The SMILES string of the molecule is [13CH3]N1[C@H]2CC[C@@H]1[C@@H](c1cc(-c3ccccc3)no1)[C@@H](c1ccc(Cl)cc1)C2. The molecule has 2 aromatic carbocycles. The Hall–Kier alpha value is -2.10. The Morgan fingerprint density at radius 1 is 1.04 bits per heavy atom. The van der Waals surface area contributed by atoms with Crippen LogP contribution in [0.15, 0.2) is 65.2 Å². The van der Waals surface area contributed by atoms with Crippen LogP contribution in [0.3, 0.4) is 0 Å². The van der Waals surface area contributed by atoms with Crippen molar-refractivity contribution in [2.45, 2.75) is 43.2 Å². The first-order chi connectivity index (χ1) is 13.2. The zero-order valence-electron chi connectivity index (χ0n) is 15.4. The van der Waals surface area contributed by atoms with Crippen LogP contribution in [-0.2, 0) is 0 Å². The van der Waals surface area contributed by atoms with Gasteiger partial charge in [-0.2, -0.15) is 0 Å². The lowest BCUT2D eigenvalue weighted by Gasteiger charge is -2.42. The predicted octanol–water partition coefficient (Wildman–Crippen LogP) is 5.73. The molecule has 0 amide bonds. The van der Waals surface area contributed by atoms with Crippen molar-refractivity contribution in [1.82, 2.24) is 10.1 Å². The van der Waals surface area contributed by atoms with Gasteiger partial charge in [0, 0.05) is 34.7 Å². The van der Waals surface area contributed by atoms with Gasteiger partial charge in [-0.1, -0.05) is 59.2 Å². The lowest BCUT2D eigenvalue weighted by atomic mass is 9.75. The lowest BCUT2D eigenvalue weighted by Crippen LogP contribution is -2.44. The second-order valence-corrected chi connectivity index (χ2v) is 8.30. The number of benzene rings is 2. The Labute approximate surface area is 164 Å². The normalized spacial score (nSPS) is 27.8. The maximum Gasteiger partial charge on any atom is 0.142 e. The fourth-order valence-electron chi connectivity index (χ4n) is 5.10. The first-order valence-corrected chi connectivity index (χ1v) is 10.1. The van der Waals surface area contributed by atoms with E-state index in [-0.39, 0.29) is 0 Å². The summed E-state index contributed by atoms with van der Waals surface area (Å²) in [4.78, 5) is 2.56. The van der Waals surface area contributed by atoms with Crippen molar-refractivity contribution in [2.24, 2.45) is 0 Å². The maximum atomic E-state index is 6.13. The molecule has 3 nitrogen and oxygen atoms in total. The van der Waals surface area contributed by atoms with Gasteiger partial charge in [-0.05, 0) is 49.9 Å². The second-order valence-electron chi connectivity index (χ2n) is 7.86. The minimum Gasteiger partial charge on any atom is -0.360 e. The molecule has 2 bridgehead atoms. The molecule has 0 saturated carbocycles. The van der Waals surface area contributed by atoms with Gasteiger partial charge in [-0.25, -0.2) is 0 Å². The number of aromatic nitrogens is 1. The highest BCUT2D eigenvalue weighted by atomic mass is 35.5. The van der Waals surface area contributed by atoms with E-state index in [4.69, 9.17) is 16.1 Å². The molecule has 3 aromatic rings. The molecular weight excluding hydrogens is 357 g/mol. The quantitative estimate of drug-likeness (QED) is 0.544. The first kappa shape index (κ1) is 17.0. The van der Waals surface area contributed by atoms with Crippen LogP contribution in [0.4, 0.5) is 0 Å². The minimum absolute atomic E-state index is 0.319. The smallest absolute Gasteiger partial charge is 0.142 e. The summed E-state index contributed by atoms with van der Waals surface area (Å²) in [6.07, 6.45) is 3.64. The van der Waals surface area contributed by atoms with Crippen LogP contribution in [0.5, 0.6) is 0 Å². The van der Waals surface area contributed by atoms with Gasteiger partial charge in [0.05, 0.1) is 0 Å². The Balaban J connectivity index is 1.54. The van der Waals surface area contributed by atoms with Crippen molar-refractivity contribution in [1.29, 1.82) is 0 Å². The van der Waals surface area contributed by atoms with E-state index in [2.05, 4.69) is 47.4 Å². The molecule has 5 rings (SSSR count). The lowest BCUT2D eigenvalue weighted by molar-refractivity contribution is 0.122. The van der Waals surface area contributed by atoms with Gasteiger partial charge in [0.2, 0.25) is 0 Å². The van der Waals surface area contributed by atoms with Crippen molar-refractivity contribution in [2.75, 3.05) is 7.05 Å². The number of likely N-dealkylation sites (N-methyl/N-ethyl adjacent to an activating group) is 1. The summed E-state index contributed by atoms with van der Waals surface area (Å²) >= 11 is 6.13. The largest absolute Gasteiger partial charge is 0.360 e. The molecule has 2 saturated heterocycles. The zero-order valence-corrected chi connectivity index (χ0v) is 16.1. The van der Waals surface area contributed by atoms with E-state index in [1.54, 1.807) is 0 Å². The molecule has 1 aromatic heterocycles. The number of nitrogens with zero attached hydrogens (tertiary/aromatic N) is 2. The fraction of sp³-hybridized carbons (Fsp3) is 0.348. The Bertz CT molecular complexity index is 921. The summed E-state index contributed by atoms with van der Waals surface area (Å²) < 4.78 is 5.93. The molecule has 4 atom stereocenters. The molecule has 2 fully saturated rings. The molecule has 0 N–H and O–H groups in total. The third kappa shape index (κ3) is 2.99. The summed E-state index contributed by atoms with van der Waals surface area (Å²) in [5.74, 6) is 1.76. The average Bonchev–Trinajstić information content (AvgIpc) is 3.26. The molecule has 138 valence electrons. The van der Waals surface area contributed by atoms with E-state index in [1.807, 2.05) is 30.3 Å². The van der Waals surface area contributed by atoms with E-state index >= 15 is 0 Å². The number of hydrogen-bond donors (Lipinski definition) is 0. The van der Waals surface area contributed by atoms with Gasteiger partial charge >= 0.3 is 0 Å². The molecule has 0 aliphatic carbocycles. The number of hydrogen-bond acceptors (Lipinski definition) is 3. The van der Waals surface area contributed by atoms with Gasteiger partial charge in [0.25, 0.3) is 0 Å². The summed E-state index contributed by atoms with van der Waals surface area (Å²) in [7, 11) is 2.27. The molecule has 0 spiro atoms. The second kappa shape index (κ2) is 6.81. The third-order valence-electron chi connectivity index (χ3n) is 6.49. The van der Waals surface area contributed by atoms with E-state index in [9.17, 15) is 0 Å². The monoisotopic (exact) mass is 379 g/mol. The van der Waals surface area contributed by atoms with Gasteiger partial charge < -0.3 is 4.52 Å². The predicted molar refractivity (Wildman–Crippen MR) is 108 cm³/mol. The molecule has 0 unspecified atom stereocenters. The van der Waals surface area contributed by atoms with Crippen LogP contribution in [0, 0.1) is 0 Å². The topological polar surface area (TPSA) is 29.3 Å². The number of rotatable bonds is 3. The Kier molecular flexibility index (Phi) is 4.30. The van der Waals surface area contributed by atoms with Crippen molar-refractivity contribution >= 4 is 11.6 Å². The number of fused-ring (bicyclic) bond motifs is 2. The van der Waals surface area contributed by atoms with Crippen LogP contribution in [0.2, 0.25) is 5.02 Å². The summed E-state index contributed by atoms with van der Waals surface area (Å²) in [5.41, 5.74) is 3.37. The van der Waals surface area contributed by atoms with Crippen LogP contribution in [-0.4, -0.2) is 29.2 Å². The molecule has 0 radical (unpaired) electrons. The number of halogens is 1. The Morgan fingerprint density at radius 2 is 1.81 bits per heavy atom. The van der Waals surface area contributed by atoms with Crippen molar-refractivity contribution in [3.63, 3.8) is 0 Å². The van der Waals surface area contributed by atoms with E-state index in [0.717, 1.165) is 28.5 Å². The van der Waals surface area contributed by atoms with Crippen molar-refractivity contribution in [3.8, 4) is 11.3 Å². The zero-order chi connectivity index (χ0) is 18.4. The highest BCUT2D eigenvalue weighted by Crippen LogP contribution is 2.51. The average molecular weight is 380 g/mol. The highest BCUT2D eigenvalue weighted by molar-refractivity contribution is 6.30. The molecular formula is C23H23ClN2O. The minimum atomic E-state index is 0.319. The summed E-state index contributed by atoms with van der Waals surface area (Å²) in [6, 6.07) is 21.9. The standard InChI is InChI=1S/C23H23ClN2O/c1-26-18-11-12-21(26)23(19(13-18)15-7-9-17(24)10-8-15)22-14-20(25-27-22)16-5-3-2-4-6-16/h2-10,14,18-19,21,23H,11-13H2,1H3/t18-,19+,21+,23-/m0/s1/i1+1. The van der Waals surface area contributed by atoms with E-state index in [1.165, 1.54) is 18.4 Å². The van der Waals surface area contributed by atoms with Crippen LogP contribution >= 0.6 is 11.6 Å². The Morgan fingerprint density at radius 3 is 2.59 bits per heavy atom. The fourth-order valence-corrected chi connectivity index (χ4v) is 5.22. The van der Waals surface area contributed by atoms with E-state index < -0.39 is 0 Å².